The van der Waals surface area contributed by atoms with Gasteiger partial charge in [-0.05, 0) is 0 Å². The van der Waals surface area contributed by atoms with Crippen molar-refractivity contribution in [2.45, 2.75) is 12.6 Å². The monoisotopic (exact) mass is 346 g/mol. The summed E-state index contributed by atoms with van der Waals surface area (Å²) in [5, 5.41) is 0. The fourth-order valence-corrected chi connectivity index (χ4v) is 2.80. The van der Waals surface area contributed by atoms with Crippen LogP contribution in [0.15, 0.2) is 36.5 Å². The predicted molar refractivity (Wildman–Crippen MR) is 81.3 cm³/mol. The van der Waals surface area contributed by atoms with Gasteiger partial charge >= 0.3 is 128 Å². The normalized spacial score (nSPS) is 15.3. The zero-order valence-electron chi connectivity index (χ0n) is 11.8. The van der Waals surface area contributed by atoms with Gasteiger partial charge in [0.1, 0.15) is 0 Å². The van der Waals surface area contributed by atoms with E-state index in [1.807, 2.05) is 18.2 Å². The number of halogens is 1. The molecule has 0 saturated carbocycles. The average Bonchev–Trinajstić information content (AvgIpc) is 2.40. The summed E-state index contributed by atoms with van der Waals surface area (Å²) >= 11 is 2.37. The zero-order chi connectivity index (χ0) is 14.8. The molecule has 0 unspecified atom stereocenters. The van der Waals surface area contributed by atoms with Crippen LogP contribution in [0, 0.1) is 5.82 Å². The number of anilines is 1. The van der Waals surface area contributed by atoms with E-state index in [9.17, 15) is 4.39 Å². The zero-order valence-corrected chi connectivity index (χ0v) is 13.7. The standard InChI is InChI=1S/C15H16AsFN4/c1-20(8-11-2-4-12(17)5-3-11)13-9-21(10-13)14-6-7-18-15(16)19-14/h2-7,13H,8-10H2,1H3. The van der Waals surface area contributed by atoms with Gasteiger partial charge in [-0.1, -0.05) is 0 Å². The predicted octanol–water partition coefficient (Wildman–Crippen LogP) is 0.730. The van der Waals surface area contributed by atoms with Crippen molar-refractivity contribution in [3.05, 3.63) is 47.9 Å². The molecule has 0 N–H and O–H groups in total. The number of likely N-dealkylation sites (N-methyl/N-ethyl adjacent to an activating group) is 1. The molecule has 0 atom stereocenters. The van der Waals surface area contributed by atoms with E-state index in [-0.39, 0.29) is 5.82 Å². The van der Waals surface area contributed by atoms with Gasteiger partial charge in [-0.3, -0.25) is 0 Å². The molecule has 21 heavy (non-hydrogen) atoms. The van der Waals surface area contributed by atoms with Crippen molar-refractivity contribution in [1.29, 1.82) is 0 Å². The minimum atomic E-state index is -0.186. The summed E-state index contributed by atoms with van der Waals surface area (Å²) in [6, 6.07) is 9.14. The molecule has 0 amide bonds. The van der Waals surface area contributed by atoms with Crippen LogP contribution >= 0.6 is 0 Å². The summed E-state index contributed by atoms with van der Waals surface area (Å²) in [7, 11) is 2.10. The maximum absolute atomic E-state index is 12.9. The Labute approximate surface area is 132 Å². The molecule has 108 valence electrons. The molecule has 1 aliphatic heterocycles. The Bertz CT molecular complexity index is 613. The second-order valence-electron chi connectivity index (χ2n) is 5.32. The Morgan fingerprint density at radius 2 is 2.00 bits per heavy atom. The van der Waals surface area contributed by atoms with E-state index in [4.69, 9.17) is 0 Å². The van der Waals surface area contributed by atoms with E-state index in [0.29, 0.717) is 6.04 Å². The first-order valence-electron chi connectivity index (χ1n) is 6.83. The molecule has 0 spiro atoms. The summed E-state index contributed by atoms with van der Waals surface area (Å²) in [6.07, 6.45) is 1.78. The molecule has 1 fully saturated rings. The molecule has 2 radical (unpaired) electrons. The van der Waals surface area contributed by atoms with Crippen LogP contribution in [0.3, 0.4) is 0 Å². The average molecular weight is 346 g/mol. The first-order valence-corrected chi connectivity index (χ1v) is 7.77. The van der Waals surface area contributed by atoms with Crippen molar-refractivity contribution in [3.8, 4) is 0 Å². The van der Waals surface area contributed by atoms with Gasteiger partial charge in [0.25, 0.3) is 0 Å². The molecule has 4 nitrogen and oxygen atoms in total. The van der Waals surface area contributed by atoms with Crippen molar-refractivity contribution in [3.63, 3.8) is 0 Å². The third kappa shape index (κ3) is 3.42. The van der Waals surface area contributed by atoms with E-state index in [0.717, 1.165) is 35.6 Å². The van der Waals surface area contributed by atoms with Gasteiger partial charge in [0, 0.05) is 0 Å². The SMILES string of the molecule is CN(Cc1ccc(F)cc1)C1CN(c2ccnc([As])n2)C1. The fraction of sp³-hybridized carbons (Fsp3) is 0.333. The molecule has 1 aromatic heterocycles. The van der Waals surface area contributed by atoms with Gasteiger partial charge in [0.15, 0.2) is 0 Å². The fourth-order valence-electron chi connectivity index (χ4n) is 2.44. The number of hydrogen-bond acceptors (Lipinski definition) is 4. The molecule has 0 aliphatic carbocycles. The van der Waals surface area contributed by atoms with Crippen molar-refractivity contribution in [1.82, 2.24) is 14.9 Å². The third-order valence-electron chi connectivity index (χ3n) is 3.78. The molecule has 1 saturated heterocycles. The topological polar surface area (TPSA) is 32.3 Å². The number of nitrogens with zero attached hydrogens (tertiary/aromatic N) is 4. The molecule has 2 aromatic rings. The Kier molecular flexibility index (Phi) is 4.22. The minimum absolute atomic E-state index is 0.186. The number of rotatable bonds is 4. The summed E-state index contributed by atoms with van der Waals surface area (Å²) in [4.78, 5) is 13.0. The van der Waals surface area contributed by atoms with Crippen molar-refractivity contribution < 1.29 is 4.39 Å². The van der Waals surface area contributed by atoms with E-state index in [2.05, 4.69) is 43.7 Å². The Hall–Kier alpha value is -1.45. The first kappa shape index (κ1) is 14.5. The van der Waals surface area contributed by atoms with Crippen LogP contribution in [-0.2, 0) is 6.54 Å². The summed E-state index contributed by atoms with van der Waals surface area (Å²) in [5.41, 5.74) is 1.13. The molecule has 3 rings (SSSR count). The van der Waals surface area contributed by atoms with Crippen LogP contribution in [0.1, 0.15) is 5.56 Å². The first-order chi connectivity index (χ1) is 10.1. The molecular weight excluding hydrogens is 330 g/mol. The maximum atomic E-state index is 12.9. The summed E-state index contributed by atoms with van der Waals surface area (Å²) in [6.45, 7) is 2.75. The van der Waals surface area contributed by atoms with E-state index < -0.39 is 0 Å². The molecular formula is C15H16AsFN4. The van der Waals surface area contributed by atoms with Gasteiger partial charge in [-0.15, -0.1) is 0 Å². The second kappa shape index (κ2) is 6.12. The van der Waals surface area contributed by atoms with Crippen molar-refractivity contribution in [2.24, 2.45) is 0 Å². The van der Waals surface area contributed by atoms with Crippen LogP contribution in [-0.4, -0.2) is 57.9 Å². The number of hydrogen-bond donors (Lipinski definition) is 0. The van der Waals surface area contributed by atoms with Crippen LogP contribution < -0.4 is 9.51 Å². The Balaban J connectivity index is 1.54. The Morgan fingerprint density at radius 1 is 1.29 bits per heavy atom. The molecule has 1 aliphatic rings. The van der Waals surface area contributed by atoms with Gasteiger partial charge in [-0.2, -0.15) is 0 Å². The number of benzene rings is 1. The van der Waals surface area contributed by atoms with Crippen LogP contribution in [0.2, 0.25) is 0 Å². The summed E-state index contributed by atoms with van der Waals surface area (Å²) in [5.74, 6) is 0.792. The molecule has 2 heterocycles. The van der Waals surface area contributed by atoms with Gasteiger partial charge in [0.2, 0.25) is 0 Å². The van der Waals surface area contributed by atoms with E-state index in [1.54, 1.807) is 6.20 Å². The third-order valence-corrected chi connectivity index (χ3v) is 4.24. The van der Waals surface area contributed by atoms with Crippen molar-refractivity contribution >= 4 is 27.3 Å². The van der Waals surface area contributed by atoms with Crippen LogP contribution in [0.4, 0.5) is 10.2 Å². The second-order valence-corrected chi connectivity index (χ2v) is 6.15. The quantitative estimate of drug-likeness (QED) is 0.765. The van der Waals surface area contributed by atoms with Crippen LogP contribution in [0.25, 0.3) is 0 Å². The Morgan fingerprint density at radius 3 is 2.67 bits per heavy atom. The molecule has 6 heteroatoms. The number of aromatic nitrogens is 2. The molecule has 0 bridgehead atoms. The van der Waals surface area contributed by atoms with Gasteiger partial charge in [-0.25, -0.2) is 4.39 Å². The van der Waals surface area contributed by atoms with Gasteiger partial charge in [0.05, 0.1) is 0 Å². The van der Waals surface area contributed by atoms with Crippen LogP contribution in [0.5, 0.6) is 0 Å². The van der Waals surface area contributed by atoms with Gasteiger partial charge < -0.3 is 0 Å². The molecule has 1 aromatic carbocycles. The van der Waals surface area contributed by atoms with Crippen molar-refractivity contribution in [2.75, 3.05) is 25.0 Å². The summed E-state index contributed by atoms with van der Waals surface area (Å²) < 4.78 is 13.6. The van der Waals surface area contributed by atoms with E-state index in [1.165, 1.54) is 12.1 Å². The van der Waals surface area contributed by atoms with E-state index >= 15 is 0 Å².